The van der Waals surface area contributed by atoms with Gasteiger partial charge in [0.25, 0.3) is 5.91 Å². The predicted octanol–water partition coefficient (Wildman–Crippen LogP) is 3.65. The zero-order valence-corrected chi connectivity index (χ0v) is 14.7. The maximum absolute atomic E-state index is 12.3. The third kappa shape index (κ3) is 5.01. The number of benzene rings is 2. The molecule has 0 unspecified atom stereocenters. The molecule has 0 saturated heterocycles. The molecule has 0 spiro atoms. The summed E-state index contributed by atoms with van der Waals surface area (Å²) in [5, 5.41) is 2.92. The van der Waals surface area contributed by atoms with E-state index < -0.39 is 6.10 Å². The Balaban J connectivity index is 1.82. The number of ether oxygens (including phenoxy) is 2. The minimum absolute atomic E-state index is 0.111. The van der Waals surface area contributed by atoms with Gasteiger partial charge in [-0.2, -0.15) is 0 Å². The van der Waals surface area contributed by atoms with Crippen LogP contribution in [0.3, 0.4) is 0 Å². The van der Waals surface area contributed by atoms with Crippen LogP contribution in [0.1, 0.15) is 25.0 Å². The molecule has 1 N–H and O–H groups in total. The van der Waals surface area contributed by atoms with Crippen LogP contribution >= 0.6 is 0 Å². The molecule has 1 amide bonds. The van der Waals surface area contributed by atoms with E-state index in [-0.39, 0.29) is 11.9 Å². The van der Waals surface area contributed by atoms with Gasteiger partial charge in [-0.1, -0.05) is 36.4 Å². The average Bonchev–Trinajstić information content (AvgIpc) is 2.56. The maximum atomic E-state index is 12.3. The first-order chi connectivity index (χ1) is 11.5. The predicted molar refractivity (Wildman–Crippen MR) is 95.5 cm³/mol. The van der Waals surface area contributed by atoms with E-state index in [1.807, 2.05) is 69.3 Å². The molecule has 2 rings (SSSR count). The summed E-state index contributed by atoms with van der Waals surface area (Å²) in [6.45, 7) is 8.02. The van der Waals surface area contributed by atoms with Gasteiger partial charge in [-0.25, -0.2) is 0 Å². The first kappa shape index (κ1) is 17.9. The molecule has 0 aromatic heterocycles. The summed E-state index contributed by atoms with van der Waals surface area (Å²) in [5.41, 5.74) is 2.08. The number of amides is 1. The molecule has 0 aliphatic rings. The fourth-order valence-electron chi connectivity index (χ4n) is 2.27. The van der Waals surface area contributed by atoms with Crippen LogP contribution in [0.5, 0.6) is 11.5 Å². The third-order valence-electron chi connectivity index (χ3n) is 3.74. The Morgan fingerprint density at radius 2 is 1.50 bits per heavy atom. The molecule has 24 heavy (non-hydrogen) atoms. The van der Waals surface area contributed by atoms with E-state index in [1.165, 1.54) is 0 Å². The Bertz CT molecular complexity index is 684. The Labute approximate surface area is 143 Å². The Morgan fingerprint density at radius 1 is 0.958 bits per heavy atom. The molecule has 0 fully saturated rings. The molecule has 0 radical (unpaired) electrons. The normalized spacial score (nSPS) is 13.0. The quantitative estimate of drug-likeness (QED) is 0.844. The number of hydrogen-bond donors (Lipinski definition) is 1. The van der Waals surface area contributed by atoms with Gasteiger partial charge in [-0.15, -0.1) is 0 Å². The van der Waals surface area contributed by atoms with Crippen molar-refractivity contribution in [2.24, 2.45) is 0 Å². The lowest BCUT2D eigenvalue weighted by molar-refractivity contribution is -0.128. The highest BCUT2D eigenvalue weighted by molar-refractivity contribution is 5.81. The molecule has 0 aliphatic heterocycles. The van der Waals surface area contributed by atoms with Crippen molar-refractivity contribution in [3.63, 3.8) is 0 Å². The van der Waals surface area contributed by atoms with Crippen LogP contribution in [0.2, 0.25) is 0 Å². The monoisotopic (exact) mass is 327 g/mol. The van der Waals surface area contributed by atoms with Crippen molar-refractivity contribution in [3.05, 3.63) is 59.7 Å². The molecule has 128 valence electrons. The lowest BCUT2D eigenvalue weighted by Crippen LogP contribution is -2.43. The average molecular weight is 327 g/mol. The summed E-state index contributed by atoms with van der Waals surface area (Å²) in [7, 11) is 0. The van der Waals surface area contributed by atoms with Crippen molar-refractivity contribution in [1.82, 2.24) is 5.32 Å². The SMILES string of the molecule is Cc1ccccc1OC[C@H](C)NC(=O)[C@H](C)Oc1ccccc1C. The summed E-state index contributed by atoms with van der Waals surface area (Å²) < 4.78 is 11.5. The molecule has 0 heterocycles. The first-order valence-corrected chi connectivity index (χ1v) is 8.18. The zero-order chi connectivity index (χ0) is 17.5. The van der Waals surface area contributed by atoms with Crippen molar-refractivity contribution in [2.45, 2.75) is 39.8 Å². The number of carbonyl (C=O) groups excluding carboxylic acids is 1. The molecule has 2 aromatic carbocycles. The molecular weight excluding hydrogens is 302 g/mol. The van der Waals surface area contributed by atoms with Crippen molar-refractivity contribution in [1.29, 1.82) is 0 Å². The van der Waals surface area contributed by atoms with Crippen molar-refractivity contribution in [3.8, 4) is 11.5 Å². The summed E-state index contributed by atoms with van der Waals surface area (Å²) >= 11 is 0. The summed E-state index contributed by atoms with van der Waals surface area (Å²) in [6.07, 6.45) is -0.563. The highest BCUT2D eigenvalue weighted by atomic mass is 16.5. The van der Waals surface area contributed by atoms with Gasteiger partial charge in [0.1, 0.15) is 18.1 Å². The van der Waals surface area contributed by atoms with Crippen molar-refractivity contribution < 1.29 is 14.3 Å². The van der Waals surface area contributed by atoms with Gasteiger partial charge < -0.3 is 14.8 Å². The summed E-state index contributed by atoms with van der Waals surface area (Å²) in [4.78, 5) is 12.3. The van der Waals surface area contributed by atoms with Gasteiger partial charge in [0.2, 0.25) is 0 Å². The van der Waals surface area contributed by atoms with E-state index in [4.69, 9.17) is 9.47 Å². The van der Waals surface area contributed by atoms with Crippen LogP contribution in [0, 0.1) is 13.8 Å². The van der Waals surface area contributed by atoms with Crippen LogP contribution in [0.4, 0.5) is 0 Å². The van der Waals surface area contributed by atoms with E-state index in [0.29, 0.717) is 6.61 Å². The van der Waals surface area contributed by atoms with Crippen LogP contribution in [-0.4, -0.2) is 24.7 Å². The Hall–Kier alpha value is -2.49. The lowest BCUT2D eigenvalue weighted by atomic mass is 10.2. The molecule has 0 saturated carbocycles. The Morgan fingerprint density at radius 3 is 2.08 bits per heavy atom. The van der Waals surface area contributed by atoms with Crippen LogP contribution in [0.15, 0.2) is 48.5 Å². The standard InChI is InChI=1S/C20H25NO3/c1-14-9-5-7-11-18(14)23-13-16(3)21-20(22)17(4)24-19-12-8-6-10-15(19)2/h5-12,16-17H,13H2,1-4H3,(H,21,22)/t16-,17-/m0/s1. The second-order valence-corrected chi connectivity index (χ2v) is 6.01. The molecule has 0 bridgehead atoms. The van der Waals surface area contributed by atoms with Gasteiger partial charge in [-0.3, -0.25) is 4.79 Å². The highest BCUT2D eigenvalue weighted by Gasteiger charge is 2.18. The minimum atomic E-state index is -0.563. The van der Waals surface area contributed by atoms with Crippen LogP contribution in [-0.2, 0) is 4.79 Å². The van der Waals surface area contributed by atoms with E-state index in [1.54, 1.807) is 6.92 Å². The number of aryl methyl sites for hydroxylation is 2. The zero-order valence-electron chi connectivity index (χ0n) is 14.7. The molecule has 2 aromatic rings. The smallest absolute Gasteiger partial charge is 0.261 e. The summed E-state index contributed by atoms with van der Waals surface area (Å²) in [6, 6.07) is 15.4. The summed E-state index contributed by atoms with van der Waals surface area (Å²) in [5.74, 6) is 1.41. The third-order valence-corrected chi connectivity index (χ3v) is 3.74. The van der Waals surface area contributed by atoms with Crippen molar-refractivity contribution in [2.75, 3.05) is 6.61 Å². The topological polar surface area (TPSA) is 47.6 Å². The number of para-hydroxylation sites is 2. The molecule has 4 nitrogen and oxygen atoms in total. The highest BCUT2D eigenvalue weighted by Crippen LogP contribution is 2.18. The fourth-order valence-corrected chi connectivity index (χ4v) is 2.27. The number of nitrogens with one attached hydrogen (secondary N) is 1. The molecule has 4 heteroatoms. The van der Waals surface area contributed by atoms with Crippen molar-refractivity contribution >= 4 is 5.91 Å². The minimum Gasteiger partial charge on any atom is -0.491 e. The Kier molecular flexibility index (Phi) is 6.24. The van der Waals surface area contributed by atoms with E-state index in [9.17, 15) is 4.79 Å². The van der Waals surface area contributed by atoms with Gasteiger partial charge in [0, 0.05) is 0 Å². The first-order valence-electron chi connectivity index (χ1n) is 8.18. The van der Waals surface area contributed by atoms with E-state index in [2.05, 4.69) is 5.32 Å². The van der Waals surface area contributed by atoms with Gasteiger partial charge in [0.05, 0.1) is 6.04 Å². The fraction of sp³-hybridized carbons (Fsp3) is 0.350. The maximum Gasteiger partial charge on any atom is 0.261 e. The van der Waals surface area contributed by atoms with Gasteiger partial charge in [-0.05, 0) is 51.0 Å². The van der Waals surface area contributed by atoms with Gasteiger partial charge in [0.15, 0.2) is 6.10 Å². The second kappa shape index (κ2) is 8.39. The molecule has 2 atom stereocenters. The van der Waals surface area contributed by atoms with E-state index >= 15 is 0 Å². The number of rotatable bonds is 7. The second-order valence-electron chi connectivity index (χ2n) is 6.01. The number of carbonyl (C=O) groups is 1. The van der Waals surface area contributed by atoms with Crippen LogP contribution < -0.4 is 14.8 Å². The van der Waals surface area contributed by atoms with Gasteiger partial charge >= 0.3 is 0 Å². The largest absolute Gasteiger partial charge is 0.491 e. The van der Waals surface area contributed by atoms with E-state index in [0.717, 1.165) is 22.6 Å². The lowest BCUT2D eigenvalue weighted by Gasteiger charge is -2.20. The molecular formula is C20H25NO3. The van der Waals surface area contributed by atoms with Crippen LogP contribution in [0.25, 0.3) is 0 Å². The number of hydrogen-bond acceptors (Lipinski definition) is 3. The molecule has 0 aliphatic carbocycles.